The largest absolute Gasteiger partial charge is 0.328 e. The van der Waals surface area contributed by atoms with Crippen LogP contribution in [0.2, 0.25) is 0 Å². The first-order valence-electron chi connectivity index (χ1n) is 9.22. The van der Waals surface area contributed by atoms with E-state index in [4.69, 9.17) is 5.73 Å². The Bertz CT molecular complexity index is 1030. The van der Waals surface area contributed by atoms with Gasteiger partial charge in [-0.05, 0) is 62.1 Å². The molecule has 0 aliphatic heterocycles. The highest BCUT2D eigenvalue weighted by Gasteiger charge is 2.28. The normalized spacial score (nSPS) is 19.6. The van der Waals surface area contributed by atoms with Gasteiger partial charge in [-0.25, -0.2) is 9.37 Å². The number of aryl methyl sites for hydroxylation is 2. The second-order valence-corrected chi connectivity index (χ2v) is 7.42. The van der Waals surface area contributed by atoms with Crippen molar-refractivity contribution in [1.29, 1.82) is 0 Å². The molecule has 2 atom stereocenters. The summed E-state index contributed by atoms with van der Waals surface area (Å²) in [6.45, 7) is 1.96. The summed E-state index contributed by atoms with van der Waals surface area (Å²) in [6, 6.07) is 10.6. The number of anilines is 1. The topological polar surface area (TPSA) is 72.9 Å². The zero-order chi connectivity index (χ0) is 19.1. The molecule has 4 rings (SSSR count). The van der Waals surface area contributed by atoms with E-state index >= 15 is 0 Å². The third kappa shape index (κ3) is 3.32. The van der Waals surface area contributed by atoms with Crippen LogP contribution in [-0.4, -0.2) is 21.5 Å². The molecule has 0 bridgehead atoms. The maximum absolute atomic E-state index is 13.5. The predicted molar refractivity (Wildman–Crippen MR) is 105 cm³/mol. The Morgan fingerprint density at radius 3 is 2.78 bits per heavy atom. The first-order chi connectivity index (χ1) is 12.9. The van der Waals surface area contributed by atoms with Crippen LogP contribution in [0.1, 0.15) is 24.8 Å². The standard InChI is InChI=1S/C21H23FN4O/c1-12-9-13(20-24-18-11-15(22)5-8-19(18)26(20)2)4-7-17(12)25-21(27)14-3-6-16(23)10-14/h4-5,7-9,11,14,16H,3,6,10,23H2,1-2H3,(H,25,27). The summed E-state index contributed by atoms with van der Waals surface area (Å²) >= 11 is 0. The van der Waals surface area contributed by atoms with Gasteiger partial charge in [0.25, 0.3) is 0 Å². The molecular formula is C21H23FN4O. The van der Waals surface area contributed by atoms with Crippen molar-refractivity contribution in [3.8, 4) is 11.4 Å². The van der Waals surface area contributed by atoms with E-state index in [1.165, 1.54) is 12.1 Å². The van der Waals surface area contributed by atoms with E-state index in [9.17, 15) is 9.18 Å². The number of carbonyl (C=O) groups is 1. The highest BCUT2D eigenvalue weighted by molar-refractivity contribution is 5.94. The summed E-state index contributed by atoms with van der Waals surface area (Å²) in [5.41, 5.74) is 10.1. The maximum Gasteiger partial charge on any atom is 0.227 e. The minimum atomic E-state index is -0.298. The molecule has 3 N–H and O–H groups in total. The van der Waals surface area contributed by atoms with Crippen LogP contribution < -0.4 is 11.1 Å². The van der Waals surface area contributed by atoms with Gasteiger partial charge >= 0.3 is 0 Å². The highest BCUT2D eigenvalue weighted by atomic mass is 19.1. The molecule has 1 fully saturated rings. The number of aromatic nitrogens is 2. The molecule has 1 aliphatic carbocycles. The number of rotatable bonds is 3. The molecule has 2 unspecified atom stereocenters. The summed E-state index contributed by atoms with van der Waals surface area (Å²) in [5.74, 6) is 0.497. The summed E-state index contributed by atoms with van der Waals surface area (Å²) in [5, 5.41) is 3.03. The first-order valence-corrected chi connectivity index (χ1v) is 9.22. The molecule has 1 amide bonds. The van der Waals surface area contributed by atoms with Crippen LogP contribution in [-0.2, 0) is 11.8 Å². The fourth-order valence-electron chi connectivity index (χ4n) is 3.86. The molecule has 3 aromatic rings. The van der Waals surface area contributed by atoms with Gasteiger partial charge in [-0.15, -0.1) is 0 Å². The Labute approximate surface area is 157 Å². The van der Waals surface area contributed by atoms with Gasteiger partial charge in [0.15, 0.2) is 0 Å². The number of imidazole rings is 1. The zero-order valence-corrected chi connectivity index (χ0v) is 15.5. The number of hydrogen-bond acceptors (Lipinski definition) is 3. The lowest BCUT2D eigenvalue weighted by Gasteiger charge is -2.14. The number of fused-ring (bicyclic) bond motifs is 1. The molecule has 0 saturated heterocycles. The van der Waals surface area contributed by atoms with Crippen molar-refractivity contribution in [2.24, 2.45) is 18.7 Å². The number of amides is 1. The molecule has 0 radical (unpaired) electrons. The molecule has 1 saturated carbocycles. The van der Waals surface area contributed by atoms with Crippen LogP contribution in [0.4, 0.5) is 10.1 Å². The quantitative estimate of drug-likeness (QED) is 0.741. The summed E-state index contributed by atoms with van der Waals surface area (Å²) in [7, 11) is 1.91. The minimum Gasteiger partial charge on any atom is -0.328 e. The zero-order valence-electron chi connectivity index (χ0n) is 15.5. The van der Waals surface area contributed by atoms with E-state index in [0.717, 1.165) is 47.4 Å². The molecule has 1 aromatic heterocycles. The van der Waals surface area contributed by atoms with Gasteiger partial charge in [-0.3, -0.25) is 4.79 Å². The number of nitrogens with two attached hydrogens (primary N) is 1. The van der Waals surface area contributed by atoms with Crippen LogP contribution in [0, 0.1) is 18.7 Å². The van der Waals surface area contributed by atoms with Crippen molar-refractivity contribution < 1.29 is 9.18 Å². The molecular weight excluding hydrogens is 343 g/mol. The average Bonchev–Trinajstić information content (AvgIpc) is 3.20. The van der Waals surface area contributed by atoms with E-state index in [0.29, 0.717) is 5.52 Å². The predicted octanol–water partition coefficient (Wildman–Crippen LogP) is 3.75. The molecule has 140 valence electrons. The number of benzene rings is 2. The van der Waals surface area contributed by atoms with E-state index in [1.807, 2.05) is 36.7 Å². The van der Waals surface area contributed by atoms with Gasteiger partial charge in [-0.1, -0.05) is 0 Å². The third-order valence-electron chi connectivity index (χ3n) is 5.43. The smallest absolute Gasteiger partial charge is 0.227 e. The summed E-state index contributed by atoms with van der Waals surface area (Å²) in [6.07, 6.45) is 2.50. The van der Waals surface area contributed by atoms with Crippen LogP contribution >= 0.6 is 0 Å². The first kappa shape index (κ1) is 17.7. The maximum atomic E-state index is 13.5. The fourth-order valence-corrected chi connectivity index (χ4v) is 3.86. The number of carbonyl (C=O) groups excluding carboxylic acids is 1. The van der Waals surface area contributed by atoms with E-state index in [2.05, 4.69) is 10.3 Å². The van der Waals surface area contributed by atoms with E-state index < -0.39 is 0 Å². The molecule has 27 heavy (non-hydrogen) atoms. The molecule has 6 heteroatoms. The lowest BCUT2D eigenvalue weighted by molar-refractivity contribution is -0.119. The number of nitrogens with zero attached hydrogens (tertiary/aromatic N) is 2. The SMILES string of the molecule is Cc1cc(-c2nc3cc(F)ccc3n2C)ccc1NC(=O)C1CCC(N)C1. The van der Waals surface area contributed by atoms with Crippen molar-refractivity contribution in [1.82, 2.24) is 9.55 Å². The third-order valence-corrected chi connectivity index (χ3v) is 5.43. The monoisotopic (exact) mass is 366 g/mol. The van der Waals surface area contributed by atoms with Gasteiger partial charge in [0.05, 0.1) is 11.0 Å². The van der Waals surface area contributed by atoms with Crippen LogP contribution in [0.5, 0.6) is 0 Å². The van der Waals surface area contributed by atoms with Gasteiger partial charge in [0, 0.05) is 36.3 Å². The number of nitrogens with one attached hydrogen (secondary N) is 1. The minimum absolute atomic E-state index is 0.00573. The number of hydrogen-bond donors (Lipinski definition) is 2. The van der Waals surface area contributed by atoms with Crippen molar-refractivity contribution in [3.63, 3.8) is 0 Å². The highest BCUT2D eigenvalue weighted by Crippen LogP contribution is 2.29. The van der Waals surface area contributed by atoms with E-state index in [-0.39, 0.29) is 23.7 Å². The van der Waals surface area contributed by atoms with Gasteiger partial charge in [0.1, 0.15) is 11.6 Å². The van der Waals surface area contributed by atoms with Gasteiger partial charge < -0.3 is 15.6 Å². The van der Waals surface area contributed by atoms with E-state index in [1.54, 1.807) is 6.07 Å². The van der Waals surface area contributed by atoms with Gasteiger partial charge in [-0.2, -0.15) is 0 Å². The van der Waals surface area contributed by atoms with Crippen molar-refractivity contribution in [3.05, 3.63) is 47.8 Å². The van der Waals surface area contributed by atoms with Crippen molar-refractivity contribution in [2.45, 2.75) is 32.2 Å². The van der Waals surface area contributed by atoms with Crippen molar-refractivity contribution >= 4 is 22.6 Å². The van der Waals surface area contributed by atoms with Crippen LogP contribution in [0.15, 0.2) is 36.4 Å². The average molecular weight is 366 g/mol. The lowest BCUT2D eigenvalue weighted by Crippen LogP contribution is -2.23. The summed E-state index contributed by atoms with van der Waals surface area (Å²) < 4.78 is 15.4. The fraction of sp³-hybridized carbons (Fsp3) is 0.333. The van der Waals surface area contributed by atoms with Crippen LogP contribution in [0.25, 0.3) is 22.4 Å². The second-order valence-electron chi connectivity index (χ2n) is 7.42. The Kier molecular flexibility index (Phi) is 4.44. The molecule has 0 spiro atoms. The Morgan fingerprint density at radius 2 is 2.07 bits per heavy atom. The van der Waals surface area contributed by atoms with Gasteiger partial charge in [0.2, 0.25) is 5.91 Å². The Morgan fingerprint density at radius 1 is 1.26 bits per heavy atom. The van der Waals surface area contributed by atoms with Crippen molar-refractivity contribution in [2.75, 3.05) is 5.32 Å². The van der Waals surface area contributed by atoms with Crippen LogP contribution in [0.3, 0.4) is 0 Å². The summed E-state index contributed by atoms with van der Waals surface area (Å²) in [4.78, 5) is 17.0. The molecule has 1 heterocycles. The Hall–Kier alpha value is -2.73. The molecule has 5 nitrogen and oxygen atoms in total. The second kappa shape index (κ2) is 6.78. The molecule has 1 aliphatic rings. The number of halogens is 1. The lowest BCUT2D eigenvalue weighted by atomic mass is 10.1. The Balaban J connectivity index is 1.60. The molecule has 2 aromatic carbocycles.